The minimum Gasteiger partial charge on any atom is -0.507 e. The normalized spacial score (nSPS) is 14.4. The number of amides is 1. The van der Waals surface area contributed by atoms with Crippen molar-refractivity contribution in [2.24, 2.45) is 0 Å². The standard InChI is InChI=1S/C17H16N4O2/c18-11-13-5-6-16(19-12-13)20-7-9-21(10-8-20)17(23)14-3-1-2-4-15(14)22/h1-6,12,22H,7-10H2. The number of nitriles is 1. The molecule has 0 aliphatic carbocycles. The average Bonchev–Trinajstić information content (AvgIpc) is 2.62. The van der Waals surface area contributed by atoms with E-state index in [1.54, 1.807) is 35.4 Å². The van der Waals surface area contributed by atoms with Gasteiger partial charge in [-0.15, -0.1) is 0 Å². The van der Waals surface area contributed by atoms with E-state index < -0.39 is 0 Å². The van der Waals surface area contributed by atoms with E-state index >= 15 is 0 Å². The zero-order chi connectivity index (χ0) is 16.2. The molecule has 6 heteroatoms. The molecule has 116 valence electrons. The molecule has 1 N–H and O–H groups in total. The first-order valence-corrected chi connectivity index (χ1v) is 7.37. The Morgan fingerprint density at radius 3 is 2.48 bits per heavy atom. The molecule has 0 radical (unpaired) electrons. The zero-order valence-corrected chi connectivity index (χ0v) is 12.5. The Kier molecular flexibility index (Phi) is 4.11. The Hall–Kier alpha value is -3.07. The van der Waals surface area contributed by atoms with Gasteiger partial charge in [-0.1, -0.05) is 12.1 Å². The second-order valence-electron chi connectivity index (χ2n) is 5.31. The summed E-state index contributed by atoms with van der Waals surface area (Å²) in [6.45, 7) is 2.46. The van der Waals surface area contributed by atoms with E-state index in [0.29, 0.717) is 37.3 Å². The molecule has 0 unspecified atom stereocenters. The monoisotopic (exact) mass is 308 g/mol. The molecule has 2 heterocycles. The third-order valence-corrected chi connectivity index (χ3v) is 3.90. The first kappa shape index (κ1) is 14.9. The number of piperazine rings is 1. The highest BCUT2D eigenvalue weighted by atomic mass is 16.3. The minimum absolute atomic E-state index is 0.00804. The van der Waals surface area contributed by atoms with Crippen molar-refractivity contribution in [2.45, 2.75) is 0 Å². The van der Waals surface area contributed by atoms with Crippen LogP contribution in [0.5, 0.6) is 5.75 Å². The third-order valence-electron chi connectivity index (χ3n) is 3.90. The fourth-order valence-electron chi connectivity index (χ4n) is 2.60. The second-order valence-corrected chi connectivity index (χ2v) is 5.31. The Bertz CT molecular complexity index is 744. The number of anilines is 1. The van der Waals surface area contributed by atoms with Crippen LogP contribution in [-0.4, -0.2) is 47.1 Å². The molecule has 3 rings (SSSR count). The third kappa shape index (κ3) is 3.09. The predicted molar refractivity (Wildman–Crippen MR) is 85.2 cm³/mol. The lowest BCUT2D eigenvalue weighted by Crippen LogP contribution is -2.49. The number of hydrogen-bond acceptors (Lipinski definition) is 5. The highest BCUT2D eigenvalue weighted by molar-refractivity contribution is 5.96. The summed E-state index contributed by atoms with van der Waals surface area (Å²) in [5, 5.41) is 18.6. The van der Waals surface area contributed by atoms with E-state index in [9.17, 15) is 9.90 Å². The van der Waals surface area contributed by atoms with E-state index in [1.165, 1.54) is 6.07 Å². The Labute approximate surface area is 134 Å². The number of aromatic hydroxyl groups is 1. The fourth-order valence-corrected chi connectivity index (χ4v) is 2.60. The Balaban J connectivity index is 1.65. The molecule has 1 saturated heterocycles. The largest absolute Gasteiger partial charge is 0.507 e. The average molecular weight is 308 g/mol. The molecule has 23 heavy (non-hydrogen) atoms. The van der Waals surface area contributed by atoms with E-state index in [1.807, 2.05) is 12.1 Å². The molecule has 1 aliphatic heterocycles. The van der Waals surface area contributed by atoms with Crippen LogP contribution in [0, 0.1) is 11.3 Å². The predicted octanol–water partition coefficient (Wildman–Crippen LogP) is 1.62. The van der Waals surface area contributed by atoms with Crippen molar-refractivity contribution in [3.63, 3.8) is 0 Å². The molecular weight excluding hydrogens is 292 g/mol. The van der Waals surface area contributed by atoms with Crippen LogP contribution in [0.3, 0.4) is 0 Å². The summed E-state index contributed by atoms with van der Waals surface area (Å²) in [7, 11) is 0. The van der Waals surface area contributed by atoms with Crippen LogP contribution in [0.4, 0.5) is 5.82 Å². The number of hydrogen-bond donors (Lipinski definition) is 1. The minimum atomic E-state index is -0.157. The lowest BCUT2D eigenvalue weighted by molar-refractivity contribution is 0.0743. The van der Waals surface area contributed by atoms with Gasteiger partial charge in [0.1, 0.15) is 17.6 Å². The molecule has 6 nitrogen and oxygen atoms in total. The van der Waals surface area contributed by atoms with Crippen LogP contribution in [0.15, 0.2) is 42.6 Å². The van der Waals surface area contributed by atoms with E-state index in [4.69, 9.17) is 5.26 Å². The molecule has 0 saturated carbocycles. The van der Waals surface area contributed by atoms with Crippen molar-refractivity contribution in [3.05, 3.63) is 53.7 Å². The van der Waals surface area contributed by atoms with Crippen LogP contribution in [0.25, 0.3) is 0 Å². The lowest BCUT2D eigenvalue weighted by atomic mass is 10.1. The quantitative estimate of drug-likeness (QED) is 0.912. The number of phenolic OH excluding ortho intramolecular Hbond substituents is 1. The number of phenols is 1. The fraction of sp³-hybridized carbons (Fsp3) is 0.235. The summed E-state index contributed by atoms with van der Waals surface area (Å²) < 4.78 is 0. The maximum Gasteiger partial charge on any atom is 0.257 e. The summed E-state index contributed by atoms with van der Waals surface area (Å²) in [5.41, 5.74) is 0.861. The van der Waals surface area contributed by atoms with Gasteiger partial charge in [-0.05, 0) is 24.3 Å². The molecule has 0 spiro atoms. The van der Waals surface area contributed by atoms with Crippen molar-refractivity contribution in [1.82, 2.24) is 9.88 Å². The van der Waals surface area contributed by atoms with Gasteiger partial charge in [0.2, 0.25) is 0 Å². The first-order valence-electron chi connectivity index (χ1n) is 7.37. The number of carbonyl (C=O) groups excluding carboxylic acids is 1. The summed E-state index contributed by atoms with van der Waals surface area (Å²) in [6.07, 6.45) is 1.55. The molecule has 0 bridgehead atoms. The first-order chi connectivity index (χ1) is 11.2. The van der Waals surface area contributed by atoms with Gasteiger partial charge in [-0.3, -0.25) is 4.79 Å². The molecule has 1 amide bonds. The van der Waals surface area contributed by atoms with Crippen molar-refractivity contribution < 1.29 is 9.90 Å². The van der Waals surface area contributed by atoms with Crippen molar-refractivity contribution in [1.29, 1.82) is 5.26 Å². The summed E-state index contributed by atoms with van der Waals surface area (Å²) in [5.74, 6) is 0.655. The number of rotatable bonds is 2. The summed E-state index contributed by atoms with van der Waals surface area (Å²) in [4.78, 5) is 20.5. The topological polar surface area (TPSA) is 80.5 Å². The second kappa shape index (κ2) is 6.36. The molecule has 2 aromatic rings. The highest BCUT2D eigenvalue weighted by Gasteiger charge is 2.24. The molecule has 0 atom stereocenters. The van der Waals surface area contributed by atoms with Gasteiger partial charge < -0.3 is 14.9 Å². The number of pyridine rings is 1. The maximum absolute atomic E-state index is 12.4. The van der Waals surface area contributed by atoms with Crippen molar-refractivity contribution >= 4 is 11.7 Å². The smallest absolute Gasteiger partial charge is 0.257 e. The number of nitrogens with zero attached hydrogens (tertiary/aromatic N) is 4. The Morgan fingerprint density at radius 1 is 1.13 bits per heavy atom. The van der Waals surface area contributed by atoms with Crippen LogP contribution in [0.1, 0.15) is 15.9 Å². The van der Waals surface area contributed by atoms with Crippen molar-refractivity contribution in [3.8, 4) is 11.8 Å². The van der Waals surface area contributed by atoms with Crippen molar-refractivity contribution in [2.75, 3.05) is 31.1 Å². The van der Waals surface area contributed by atoms with E-state index in [-0.39, 0.29) is 11.7 Å². The van der Waals surface area contributed by atoms with Crippen LogP contribution in [0.2, 0.25) is 0 Å². The summed E-state index contributed by atoms with van der Waals surface area (Å²) in [6, 6.07) is 12.2. The lowest BCUT2D eigenvalue weighted by Gasteiger charge is -2.35. The van der Waals surface area contributed by atoms with Crippen LogP contribution < -0.4 is 4.90 Å². The Morgan fingerprint density at radius 2 is 1.87 bits per heavy atom. The maximum atomic E-state index is 12.4. The van der Waals surface area contributed by atoms with E-state index in [0.717, 1.165) is 5.82 Å². The molecule has 1 aliphatic rings. The van der Waals surface area contributed by atoms with E-state index in [2.05, 4.69) is 9.88 Å². The highest BCUT2D eigenvalue weighted by Crippen LogP contribution is 2.20. The van der Waals surface area contributed by atoms with Gasteiger partial charge in [-0.2, -0.15) is 5.26 Å². The number of aromatic nitrogens is 1. The SMILES string of the molecule is N#Cc1ccc(N2CCN(C(=O)c3ccccc3O)CC2)nc1. The molecule has 1 aromatic carbocycles. The van der Waals surface area contributed by atoms with Gasteiger partial charge >= 0.3 is 0 Å². The number of para-hydroxylation sites is 1. The van der Waals surface area contributed by atoms with Gasteiger partial charge in [-0.25, -0.2) is 4.98 Å². The van der Waals surface area contributed by atoms with Gasteiger partial charge in [0.05, 0.1) is 11.1 Å². The molecule has 1 aromatic heterocycles. The zero-order valence-electron chi connectivity index (χ0n) is 12.5. The van der Waals surface area contributed by atoms with Gasteiger partial charge in [0, 0.05) is 32.4 Å². The van der Waals surface area contributed by atoms with Crippen LogP contribution in [-0.2, 0) is 0 Å². The van der Waals surface area contributed by atoms with Gasteiger partial charge in [0.15, 0.2) is 0 Å². The molecular formula is C17H16N4O2. The van der Waals surface area contributed by atoms with Gasteiger partial charge in [0.25, 0.3) is 5.91 Å². The van der Waals surface area contributed by atoms with Crippen LogP contribution >= 0.6 is 0 Å². The number of benzene rings is 1. The summed E-state index contributed by atoms with van der Waals surface area (Å²) >= 11 is 0. The molecule has 1 fully saturated rings. The number of carbonyl (C=O) groups is 1.